The van der Waals surface area contributed by atoms with Crippen LogP contribution in [0.5, 0.6) is 0 Å². The van der Waals surface area contributed by atoms with E-state index in [1.807, 2.05) is 0 Å². The molecule has 8 heteroatoms. The summed E-state index contributed by atoms with van der Waals surface area (Å²) in [4.78, 5) is 1.31. The molecule has 17 heavy (non-hydrogen) atoms. The number of aliphatic hydroxyl groups excluding tert-OH is 4. The summed E-state index contributed by atoms with van der Waals surface area (Å²) >= 11 is 5.03. The van der Waals surface area contributed by atoms with Crippen LogP contribution >= 0.6 is 12.2 Å². The Hall–Kier alpha value is -0.510. The molecule has 2 heterocycles. The Morgan fingerprint density at radius 2 is 2.06 bits per heavy atom. The van der Waals surface area contributed by atoms with Gasteiger partial charge in [0.05, 0.1) is 6.61 Å². The molecule has 2 rings (SSSR count). The van der Waals surface area contributed by atoms with Crippen molar-refractivity contribution in [3.05, 3.63) is 0 Å². The normalized spacial score (nSPS) is 42.7. The summed E-state index contributed by atoms with van der Waals surface area (Å²) in [6.45, 7) is 0.143. The highest BCUT2D eigenvalue weighted by atomic mass is 32.1. The molecule has 0 radical (unpaired) electrons. The van der Waals surface area contributed by atoms with E-state index >= 15 is 0 Å². The van der Waals surface area contributed by atoms with E-state index in [2.05, 4.69) is 5.32 Å². The van der Waals surface area contributed by atoms with E-state index in [1.54, 1.807) is 0 Å². The maximum absolute atomic E-state index is 9.83. The summed E-state index contributed by atoms with van der Waals surface area (Å²) in [6, 6.07) is 0. The quantitative estimate of drug-likeness (QED) is 0.344. The number of nitrogens with one attached hydrogen (secondary N) is 1. The first-order valence-corrected chi connectivity index (χ1v) is 5.83. The maximum atomic E-state index is 9.83. The van der Waals surface area contributed by atoms with Crippen molar-refractivity contribution < 1.29 is 25.2 Å². The highest BCUT2D eigenvalue weighted by molar-refractivity contribution is 7.80. The Morgan fingerprint density at radius 1 is 1.35 bits per heavy atom. The summed E-state index contributed by atoms with van der Waals surface area (Å²) in [5.41, 5.74) is 0. The minimum absolute atomic E-state index is 0.263. The van der Waals surface area contributed by atoms with Crippen molar-refractivity contribution in [3.8, 4) is 0 Å². The molecular formula is C9H16N2O5S. The van der Waals surface area contributed by atoms with Crippen LogP contribution in [0.3, 0.4) is 0 Å². The van der Waals surface area contributed by atoms with Crippen LogP contribution < -0.4 is 5.32 Å². The Bertz CT molecular complexity index is 305. The number of rotatable bonds is 2. The molecule has 0 aromatic carbocycles. The summed E-state index contributed by atoms with van der Waals surface area (Å²) in [5, 5.41) is 41.4. The van der Waals surface area contributed by atoms with Crippen molar-refractivity contribution in [2.75, 3.05) is 13.2 Å². The smallest absolute Gasteiger partial charge is 0.173 e. The Balaban J connectivity index is 2.13. The molecule has 0 aromatic heterocycles. The third-order valence-electron chi connectivity index (χ3n) is 3.03. The monoisotopic (exact) mass is 264 g/mol. The van der Waals surface area contributed by atoms with E-state index in [1.165, 1.54) is 4.90 Å². The Labute approximate surface area is 104 Å². The van der Waals surface area contributed by atoms with Crippen molar-refractivity contribution in [3.63, 3.8) is 0 Å². The van der Waals surface area contributed by atoms with Gasteiger partial charge in [-0.3, -0.25) is 4.90 Å². The van der Waals surface area contributed by atoms with Crippen LogP contribution in [0.4, 0.5) is 0 Å². The highest BCUT2D eigenvalue weighted by Crippen LogP contribution is 2.26. The highest BCUT2D eigenvalue weighted by Gasteiger charge is 2.48. The zero-order valence-corrected chi connectivity index (χ0v) is 9.88. The van der Waals surface area contributed by atoms with Crippen LogP contribution in [0.1, 0.15) is 6.42 Å². The predicted molar refractivity (Wildman–Crippen MR) is 60.8 cm³/mol. The molecule has 7 nitrogen and oxygen atoms in total. The minimum atomic E-state index is -1.22. The summed E-state index contributed by atoms with van der Waals surface area (Å²) in [6.07, 6.45) is -4.66. The van der Waals surface area contributed by atoms with Crippen molar-refractivity contribution in [2.24, 2.45) is 0 Å². The second-order valence-electron chi connectivity index (χ2n) is 4.14. The van der Waals surface area contributed by atoms with Gasteiger partial charge in [0.15, 0.2) is 11.3 Å². The zero-order chi connectivity index (χ0) is 12.6. The number of hydrogen-bond donors (Lipinski definition) is 5. The minimum Gasteiger partial charge on any atom is -0.394 e. The second-order valence-corrected chi connectivity index (χ2v) is 4.52. The number of thiocarbonyl (C=S) groups is 1. The first-order chi connectivity index (χ1) is 8.06. The van der Waals surface area contributed by atoms with Crippen LogP contribution in [0.25, 0.3) is 0 Å². The van der Waals surface area contributed by atoms with Gasteiger partial charge in [-0.2, -0.15) is 0 Å². The van der Waals surface area contributed by atoms with Crippen LogP contribution in [0.2, 0.25) is 0 Å². The van der Waals surface area contributed by atoms with Crippen LogP contribution in [-0.2, 0) is 4.74 Å². The average Bonchev–Trinajstić information content (AvgIpc) is 2.57. The van der Waals surface area contributed by atoms with E-state index in [0.29, 0.717) is 13.0 Å². The second kappa shape index (κ2) is 5.01. The molecule has 0 amide bonds. The first kappa shape index (κ1) is 12.9. The van der Waals surface area contributed by atoms with E-state index in [0.717, 1.165) is 0 Å². The molecule has 0 spiro atoms. The molecule has 5 N–H and O–H groups in total. The fourth-order valence-electron chi connectivity index (χ4n) is 2.07. The number of hydrogen-bond acceptors (Lipinski definition) is 6. The lowest BCUT2D eigenvalue weighted by atomic mass is 10.1. The molecule has 2 unspecified atom stereocenters. The first-order valence-electron chi connectivity index (χ1n) is 5.43. The molecule has 98 valence electrons. The molecular weight excluding hydrogens is 248 g/mol. The van der Waals surface area contributed by atoms with Crippen LogP contribution in [0.15, 0.2) is 0 Å². The molecule has 5 atom stereocenters. The fraction of sp³-hybridized carbons (Fsp3) is 0.889. The predicted octanol–water partition coefficient (Wildman–Crippen LogP) is -2.68. The molecule has 0 aromatic rings. The lowest BCUT2D eigenvalue weighted by Crippen LogP contribution is -2.59. The molecule has 0 saturated carbocycles. The van der Waals surface area contributed by atoms with Gasteiger partial charge in [0, 0.05) is 13.0 Å². The van der Waals surface area contributed by atoms with Crippen LogP contribution in [-0.4, -0.2) is 74.4 Å². The van der Waals surface area contributed by atoms with Gasteiger partial charge in [0.2, 0.25) is 0 Å². The average molecular weight is 264 g/mol. The van der Waals surface area contributed by atoms with Gasteiger partial charge in [0.1, 0.15) is 24.5 Å². The van der Waals surface area contributed by atoms with Gasteiger partial charge < -0.3 is 30.5 Å². The molecule has 2 aliphatic heterocycles. The molecule has 0 bridgehead atoms. The van der Waals surface area contributed by atoms with Crippen molar-refractivity contribution >= 4 is 17.3 Å². The van der Waals surface area contributed by atoms with Gasteiger partial charge in [0.25, 0.3) is 0 Å². The lowest BCUT2D eigenvalue weighted by Gasteiger charge is -2.39. The lowest BCUT2D eigenvalue weighted by molar-refractivity contribution is -0.126. The van der Waals surface area contributed by atoms with E-state index in [9.17, 15) is 15.3 Å². The van der Waals surface area contributed by atoms with Gasteiger partial charge in [-0.05, 0) is 12.2 Å². The molecule has 2 aliphatic rings. The van der Waals surface area contributed by atoms with Crippen molar-refractivity contribution in [1.29, 1.82) is 0 Å². The van der Waals surface area contributed by atoms with Crippen molar-refractivity contribution in [2.45, 2.75) is 37.2 Å². The number of nitrogens with zero attached hydrogens (tertiary/aromatic N) is 1. The molecule has 0 aliphatic carbocycles. The number of aliphatic hydroxyl groups is 4. The summed E-state index contributed by atoms with van der Waals surface area (Å²) in [7, 11) is 0. The van der Waals surface area contributed by atoms with Crippen molar-refractivity contribution in [1.82, 2.24) is 10.2 Å². The summed E-state index contributed by atoms with van der Waals surface area (Å²) in [5.74, 6) is 0. The van der Waals surface area contributed by atoms with E-state index in [-0.39, 0.29) is 5.11 Å². The van der Waals surface area contributed by atoms with Gasteiger partial charge in [-0.15, -0.1) is 0 Å². The Kier molecular flexibility index (Phi) is 3.81. The third kappa shape index (κ3) is 2.24. The zero-order valence-electron chi connectivity index (χ0n) is 9.06. The summed E-state index contributed by atoms with van der Waals surface area (Å²) < 4.78 is 5.30. The van der Waals surface area contributed by atoms with E-state index < -0.39 is 37.4 Å². The maximum Gasteiger partial charge on any atom is 0.173 e. The fourth-order valence-corrected chi connectivity index (χ4v) is 2.40. The standard InChI is InChI=1S/C9H16N2O5S/c12-3-4-6(14)7(15)8(16-4)11-5(13)1-2-10-9(11)17/h4-8,12-15H,1-3H2,(H,10,17)/t4-,5?,6-,7-,8?/m1/s1. The van der Waals surface area contributed by atoms with Gasteiger partial charge in [-0.25, -0.2) is 0 Å². The largest absolute Gasteiger partial charge is 0.394 e. The Morgan fingerprint density at radius 3 is 2.59 bits per heavy atom. The SMILES string of the molecule is OC[C@H]1OC(N2C(=S)NCCC2O)[C@H](O)[C@@H]1O. The van der Waals surface area contributed by atoms with Crippen LogP contribution in [0, 0.1) is 0 Å². The molecule has 2 saturated heterocycles. The third-order valence-corrected chi connectivity index (χ3v) is 3.38. The van der Waals surface area contributed by atoms with E-state index in [4.69, 9.17) is 22.1 Å². The van der Waals surface area contributed by atoms with Gasteiger partial charge in [-0.1, -0.05) is 0 Å². The number of ether oxygens (including phenoxy) is 1. The molecule has 2 fully saturated rings. The van der Waals surface area contributed by atoms with Gasteiger partial charge >= 0.3 is 0 Å². The topological polar surface area (TPSA) is 105 Å².